The second-order valence-corrected chi connectivity index (χ2v) is 17.7. The van der Waals surface area contributed by atoms with Gasteiger partial charge >= 0.3 is 0 Å². The highest BCUT2D eigenvalue weighted by atomic mass is 15.1. The van der Waals surface area contributed by atoms with Gasteiger partial charge < -0.3 is 9.80 Å². The van der Waals surface area contributed by atoms with Crippen LogP contribution in [0.1, 0.15) is 25.0 Å². The predicted molar refractivity (Wildman–Crippen MR) is 277 cm³/mol. The van der Waals surface area contributed by atoms with Crippen LogP contribution in [0.5, 0.6) is 0 Å². The van der Waals surface area contributed by atoms with Crippen molar-refractivity contribution in [2.75, 3.05) is 9.80 Å². The average molecular weight is 831 g/mol. The molecule has 0 aliphatic heterocycles. The van der Waals surface area contributed by atoms with E-state index in [-0.39, 0.29) is 5.41 Å². The molecule has 11 aromatic rings. The molecule has 0 N–H and O–H groups in total. The Morgan fingerprint density at radius 2 is 0.754 bits per heavy atom. The monoisotopic (exact) mass is 830 g/mol. The number of anilines is 6. The highest BCUT2D eigenvalue weighted by Gasteiger charge is 2.36. The fourth-order valence-electron chi connectivity index (χ4n) is 10.4. The van der Waals surface area contributed by atoms with Crippen molar-refractivity contribution >= 4 is 66.4 Å². The SMILES string of the molecule is CC1(C)c2ccccc2-c2ccc(N(c3ccccc3)c3c4ccccc4c(-c4ccc(N(c5ccc(-c6ccccc6)cc5)c5ccc6ccccc6c5)cc4)c4ccccc34)cc21. The quantitative estimate of drug-likeness (QED) is 0.141. The summed E-state index contributed by atoms with van der Waals surface area (Å²) in [4.78, 5) is 4.86. The lowest BCUT2D eigenvalue weighted by molar-refractivity contribution is 0.660. The Bertz CT molecular complexity index is 3500. The molecule has 0 fully saturated rings. The number of benzene rings is 11. The smallest absolute Gasteiger partial charge is 0.0618 e. The van der Waals surface area contributed by atoms with Gasteiger partial charge in [0, 0.05) is 44.6 Å². The van der Waals surface area contributed by atoms with Crippen molar-refractivity contribution in [3.05, 3.63) is 254 Å². The molecule has 0 radical (unpaired) electrons. The molecule has 65 heavy (non-hydrogen) atoms. The summed E-state index contributed by atoms with van der Waals surface area (Å²) in [5.74, 6) is 0. The van der Waals surface area contributed by atoms with Gasteiger partial charge in [-0.3, -0.25) is 0 Å². The first-order chi connectivity index (χ1) is 32.0. The molecule has 0 heterocycles. The van der Waals surface area contributed by atoms with Crippen molar-refractivity contribution in [3.63, 3.8) is 0 Å². The molecule has 0 saturated carbocycles. The molecule has 2 heteroatoms. The lowest BCUT2D eigenvalue weighted by atomic mass is 9.82. The molecule has 2 nitrogen and oxygen atoms in total. The molecule has 0 atom stereocenters. The van der Waals surface area contributed by atoms with Gasteiger partial charge in [-0.25, -0.2) is 0 Å². The highest BCUT2D eigenvalue weighted by molar-refractivity contribution is 6.22. The van der Waals surface area contributed by atoms with Crippen molar-refractivity contribution in [1.82, 2.24) is 0 Å². The van der Waals surface area contributed by atoms with Crippen LogP contribution in [0.3, 0.4) is 0 Å². The summed E-state index contributed by atoms with van der Waals surface area (Å²) in [5, 5.41) is 7.27. The minimum absolute atomic E-state index is 0.125. The van der Waals surface area contributed by atoms with E-state index in [1.165, 1.54) is 82.5 Å². The minimum Gasteiger partial charge on any atom is -0.310 e. The minimum atomic E-state index is -0.125. The van der Waals surface area contributed by atoms with Gasteiger partial charge in [0.15, 0.2) is 0 Å². The van der Waals surface area contributed by atoms with Gasteiger partial charge in [-0.1, -0.05) is 196 Å². The van der Waals surface area contributed by atoms with Crippen molar-refractivity contribution in [3.8, 4) is 33.4 Å². The first-order valence-corrected chi connectivity index (χ1v) is 22.6. The summed E-state index contributed by atoms with van der Waals surface area (Å²) in [6, 6.07) is 88.9. The summed E-state index contributed by atoms with van der Waals surface area (Å²) < 4.78 is 0. The largest absolute Gasteiger partial charge is 0.310 e. The fourth-order valence-corrected chi connectivity index (χ4v) is 10.4. The van der Waals surface area contributed by atoms with Crippen LogP contribution >= 0.6 is 0 Å². The van der Waals surface area contributed by atoms with Gasteiger partial charge in [0.2, 0.25) is 0 Å². The average Bonchev–Trinajstić information content (AvgIpc) is 3.60. The normalized spacial score (nSPS) is 12.6. The van der Waals surface area contributed by atoms with Crippen LogP contribution in [-0.2, 0) is 5.41 Å². The number of rotatable bonds is 8. The maximum atomic E-state index is 2.49. The van der Waals surface area contributed by atoms with Gasteiger partial charge in [0.25, 0.3) is 0 Å². The maximum Gasteiger partial charge on any atom is 0.0618 e. The summed E-state index contributed by atoms with van der Waals surface area (Å²) in [6.07, 6.45) is 0. The summed E-state index contributed by atoms with van der Waals surface area (Å²) in [5.41, 5.74) is 16.8. The maximum absolute atomic E-state index is 2.49. The van der Waals surface area contributed by atoms with E-state index in [1.807, 2.05) is 0 Å². The summed E-state index contributed by atoms with van der Waals surface area (Å²) in [7, 11) is 0. The van der Waals surface area contributed by atoms with E-state index in [0.29, 0.717) is 0 Å². The lowest BCUT2D eigenvalue weighted by Gasteiger charge is -2.31. The van der Waals surface area contributed by atoms with Crippen LogP contribution in [0.15, 0.2) is 243 Å². The van der Waals surface area contributed by atoms with Crippen molar-refractivity contribution in [2.45, 2.75) is 19.3 Å². The van der Waals surface area contributed by atoms with E-state index >= 15 is 0 Å². The zero-order valence-corrected chi connectivity index (χ0v) is 36.5. The fraction of sp³-hybridized carbons (Fsp3) is 0.0476. The molecule has 11 aromatic carbocycles. The van der Waals surface area contributed by atoms with Crippen LogP contribution in [-0.4, -0.2) is 0 Å². The zero-order chi connectivity index (χ0) is 43.5. The molecule has 0 spiro atoms. The number of nitrogens with zero attached hydrogens (tertiary/aromatic N) is 2. The van der Waals surface area contributed by atoms with Crippen LogP contribution < -0.4 is 9.80 Å². The standard InChI is InChI=1S/C63H46N2/c1-63(2)59-28-16-15-23-53(59)54-40-39-52(42-60(54)63)65(48-21-7-4-8-22-48)62-57-26-13-11-24-55(57)61(56-25-12-14-27-58(56)62)46-32-36-50(37-33-46)64(51-38-31-44-19-9-10-20-47(44)41-51)49-34-29-45(30-35-49)43-17-5-3-6-18-43/h3-42H,1-2H3. The summed E-state index contributed by atoms with van der Waals surface area (Å²) in [6.45, 7) is 4.73. The Morgan fingerprint density at radius 3 is 1.43 bits per heavy atom. The van der Waals surface area contributed by atoms with Gasteiger partial charge in [-0.15, -0.1) is 0 Å². The molecule has 1 aliphatic carbocycles. The third kappa shape index (κ3) is 6.49. The molecular formula is C63H46N2. The van der Waals surface area contributed by atoms with Gasteiger partial charge in [0.1, 0.15) is 0 Å². The molecule has 0 amide bonds. The van der Waals surface area contributed by atoms with Crippen LogP contribution in [0.2, 0.25) is 0 Å². The third-order valence-electron chi connectivity index (χ3n) is 13.6. The Hall–Kier alpha value is -8.20. The first-order valence-electron chi connectivity index (χ1n) is 22.6. The first kappa shape index (κ1) is 38.5. The third-order valence-corrected chi connectivity index (χ3v) is 13.6. The van der Waals surface area contributed by atoms with E-state index in [9.17, 15) is 0 Å². The Balaban J connectivity index is 1.01. The van der Waals surface area contributed by atoms with E-state index in [0.717, 1.165) is 28.4 Å². The Labute approximate surface area is 380 Å². The zero-order valence-electron chi connectivity index (χ0n) is 36.5. The van der Waals surface area contributed by atoms with Gasteiger partial charge in [-0.2, -0.15) is 0 Å². The molecular weight excluding hydrogens is 785 g/mol. The van der Waals surface area contributed by atoms with Crippen LogP contribution in [0.4, 0.5) is 34.1 Å². The highest BCUT2D eigenvalue weighted by Crippen LogP contribution is 2.53. The lowest BCUT2D eigenvalue weighted by Crippen LogP contribution is -2.17. The van der Waals surface area contributed by atoms with E-state index in [2.05, 4.69) is 266 Å². The van der Waals surface area contributed by atoms with E-state index < -0.39 is 0 Å². The molecule has 0 aromatic heterocycles. The van der Waals surface area contributed by atoms with Crippen molar-refractivity contribution < 1.29 is 0 Å². The Morgan fingerprint density at radius 1 is 0.292 bits per heavy atom. The molecule has 0 unspecified atom stereocenters. The number of fused-ring (bicyclic) bond motifs is 6. The van der Waals surface area contributed by atoms with Crippen molar-refractivity contribution in [2.24, 2.45) is 0 Å². The van der Waals surface area contributed by atoms with E-state index in [1.54, 1.807) is 0 Å². The van der Waals surface area contributed by atoms with E-state index in [4.69, 9.17) is 0 Å². The second-order valence-electron chi connectivity index (χ2n) is 17.7. The molecule has 1 aliphatic rings. The van der Waals surface area contributed by atoms with Crippen LogP contribution in [0.25, 0.3) is 65.7 Å². The molecule has 12 rings (SSSR count). The number of hydrogen-bond acceptors (Lipinski definition) is 2. The molecule has 0 saturated heterocycles. The number of para-hydroxylation sites is 1. The molecule has 0 bridgehead atoms. The Kier molecular flexibility index (Phi) is 9.21. The van der Waals surface area contributed by atoms with Crippen molar-refractivity contribution in [1.29, 1.82) is 0 Å². The summed E-state index contributed by atoms with van der Waals surface area (Å²) >= 11 is 0. The number of hydrogen-bond donors (Lipinski definition) is 0. The van der Waals surface area contributed by atoms with Crippen LogP contribution in [0, 0.1) is 0 Å². The van der Waals surface area contributed by atoms with Gasteiger partial charge in [-0.05, 0) is 127 Å². The topological polar surface area (TPSA) is 6.48 Å². The second kappa shape index (κ2) is 15.6. The molecule has 308 valence electrons. The van der Waals surface area contributed by atoms with Gasteiger partial charge in [0.05, 0.1) is 5.69 Å². The predicted octanol–water partition coefficient (Wildman–Crippen LogP) is 17.7.